The van der Waals surface area contributed by atoms with E-state index >= 15 is 0 Å². The zero-order valence-corrected chi connectivity index (χ0v) is 15.1. The fourth-order valence-electron chi connectivity index (χ4n) is 2.29. The van der Waals surface area contributed by atoms with E-state index in [0.717, 1.165) is 16.8 Å². The van der Waals surface area contributed by atoms with Gasteiger partial charge in [-0.1, -0.05) is 11.6 Å². The van der Waals surface area contributed by atoms with Crippen molar-refractivity contribution >= 4 is 34.8 Å². The van der Waals surface area contributed by atoms with Crippen LogP contribution in [0.3, 0.4) is 0 Å². The minimum Gasteiger partial charge on any atom is -0.495 e. The van der Waals surface area contributed by atoms with Gasteiger partial charge in [-0.25, -0.2) is 0 Å². The van der Waals surface area contributed by atoms with Crippen molar-refractivity contribution in [1.29, 1.82) is 0 Å². The molecule has 0 atom stereocenters. The molecule has 0 radical (unpaired) electrons. The van der Waals surface area contributed by atoms with Crippen LogP contribution in [0.2, 0.25) is 5.02 Å². The quantitative estimate of drug-likeness (QED) is 0.560. The number of carbonyl (C=O) groups excluding carboxylic acids is 2. The standard InChI is InChI=1S/C16H15ClN4O6/c1-8-3-12(13(27-2)5-11(8)17)19-14(22)7-20-6-9(21(25)26)4-10(15(18)23)16(20)24/h3-6H,7H2,1-2H3,(H2,18,23)(H,19,22). The summed E-state index contributed by atoms with van der Waals surface area (Å²) < 4.78 is 5.88. The number of hydrogen-bond donors (Lipinski definition) is 2. The molecule has 0 aliphatic heterocycles. The van der Waals surface area contributed by atoms with E-state index in [9.17, 15) is 24.5 Å². The van der Waals surface area contributed by atoms with E-state index in [-0.39, 0.29) is 0 Å². The van der Waals surface area contributed by atoms with Crippen molar-refractivity contribution in [3.63, 3.8) is 0 Å². The van der Waals surface area contributed by atoms with Gasteiger partial charge in [0, 0.05) is 17.2 Å². The van der Waals surface area contributed by atoms with Crippen molar-refractivity contribution in [1.82, 2.24) is 4.57 Å². The number of nitrogens with zero attached hydrogens (tertiary/aromatic N) is 2. The maximum atomic E-state index is 12.3. The second-order valence-corrected chi connectivity index (χ2v) is 5.92. The molecule has 1 heterocycles. The maximum Gasteiger partial charge on any atom is 0.286 e. The number of pyridine rings is 1. The van der Waals surface area contributed by atoms with Crippen LogP contribution < -0.4 is 21.3 Å². The molecule has 2 amide bonds. The van der Waals surface area contributed by atoms with Gasteiger partial charge in [-0.2, -0.15) is 0 Å². The molecule has 27 heavy (non-hydrogen) atoms. The fraction of sp³-hybridized carbons (Fsp3) is 0.188. The summed E-state index contributed by atoms with van der Waals surface area (Å²) in [4.78, 5) is 46.0. The van der Waals surface area contributed by atoms with Crippen molar-refractivity contribution in [3.05, 3.63) is 61.0 Å². The van der Waals surface area contributed by atoms with Crippen LogP contribution in [0.15, 0.2) is 29.2 Å². The Morgan fingerprint density at radius 3 is 2.59 bits per heavy atom. The van der Waals surface area contributed by atoms with Crippen molar-refractivity contribution in [2.75, 3.05) is 12.4 Å². The van der Waals surface area contributed by atoms with Crippen LogP contribution in [0.1, 0.15) is 15.9 Å². The van der Waals surface area contributed by atoms with E-state index in [1.165, 1.54) is 13.2 Å². The van der Waals surface area contributed by atoms with E-state index in [2.05, 4.69) is 5.32 Å². The molecule has 0 saturated carbocycles. The number of rotatable bonds is 6. The lowest BCUT2D eigenvalue weighted by molar-refractivity contribution is -0.385. The third-order valence-corrected chi connectivity index (χ3v) is 4.02. The number of aryl methyl sites for hydroxylation is 1. The number of nitrogens with one attached hydrogen (secondary N) is 1. The summed E-state index contributed by atoms with van der Waals surface area (Å²) in [6.45, 7) is 1.15. The van der Waals surface area contributed by atoms with Crippen molar-refractivity contribution in [3.8, 4) is 5.75 Å². The Balaban J connectivity index is 2.36. The summed E-state index contributed by atoms with van der Waals surface area (Å²) in [5.41, 5.74) is 4.01. The van der Waals surface area contributed by atoms with Gasteiger partial charge >= 0.3 is 0 Å². The molecular weight excluding hydrogens is 380 g/mol. The van der Waals surface area contributed by atoms with Crippen LogP contribution in [0.5, 0.6) is 5.75 Å². The van der Waals surface area contributed by atoms with Gasteiger partial charge in [0.15, 0.2) is 0 Å². The second kappa shape index (κ2) is 7.87. The third-order valence-electron chi connectivity index (χ3n) is 3.62. The van der Waals surface area contributed by atoms with Crippen LogP contribution in [-0.2, 0) is 11.3 Å². The summed E-state index contributed by atoms with van der Waals surface area (Å²) in [5, 5.41) is 13.9. The minimum atomic E-state index is -1.13. The molecular formula is C16H15ClN4O6. The molecule has 1 aromatic carbocycles. The Hall–Kier alpha value is -3.40. The number of primary amides is 1. The molecule has 11 heteroatoms. The minimum absolute atomic E-state index is 0.295. The Morgan fingerprint density at radius 2 is 2.04 bits per heavy atom. The normalized spacial score (nSPS) is 10.3. The Bertz CT molecular complexity index is 1000. The first-order valence-electron chi connectivity index (χ1n) is 7.46. The molecule has 2 rings (SSSR count). The average molecular weight is 395 g/mol. The van der Waals surface area contributed by atoms with Gasteiger partial charge < -0.3 is 15.8 Å². The van der Waals surface area contributed by atoms with Crippen LogP contribution in [0.25, 0.3) is 0 Å². The number of carbonyl (C=O) groups is 2. The Labute approximate surface area is 157 Å². The number of nitrogens with two attached hydrogens (primary N) is 1. The van der Waals surface area contributed by atoms with Crippen molar-refractivity contribution in [2.45, 2.75) is 13.5 Å². The number of anilines is 1. The van der Waals surface area contributed by atoms with E-state index in [0.29, 0.717) is 22.0 Å². The van der Waals surface area contributed by atoms with Gasteiger partial charge in [-0.3, -0.25) is 29.1 Å². The predicted octanol–water partition coefficient (Wildman–Crippen LogP) is 1.46. The number of methoxy groups -OCH3 is 1. The third kappa shape index (κ3) is 4.42. The number of ether oxygens (including phenoxy) is 1. The molecule has 1 aromatic heterocycles. The van der Waals surface area contributed by atoms with Gasteiger partial charge in [0.25, 0.3) is 17.2 Å². The number of nitro groups is 1. The lowest BCUT2D eigenvalue weighted by Gasteiger charge is -2.13. The number of hydrogen-bond acceptors (Lipinski definition) is 6. The highest BCUT2D eigenvalue weighted by Gasteiger charge is 2.19. The SMILES string of the molecule is COc1cc(Cl)c(C)cc1NC(=O)Cn1cc([N+](=O)[O-])cc(C(N)=O)c1=O. The van der Waals surface area contributed by atoms with Crippen molar-refractivity contribution < 1.29 is 19.2 Å². The molecule has 3 N–H and O–H groups in total. The monoisotopic (exact) mass is 394 g/mol. The molecule has 10 nitrogen and oxygen atoms in total. The number of amides is 2. The van der Waals surface area contributed by atoms with Crippen LogP contribution >= 0.6 is 11.6 Å². The zero-order valence-electron chi connectivity index (χ0n) is 14.3. The summed E-state index contributed by atoms with van der Waals surface area (Å²) in [7, 11) is 1.39. The molecule has 0 saturated heterocycles. The van der Waals surface area contributed by atoms with Gasteiger partial charge in [0.1, 0.15) is 17.9 Å². The molecule has 0 bridgehead atoms. The summed E-state index contributed by atoms with van der Waals surface area (Å²) in [6, 6.07) is 3.85. The van der Waals surface area contributed by atoms with E-state index in [4.69, 9.17) is 22.1 Å². The van der Waals surface area contributed by atoms with Gasteiger partial charge in [-0.15, -0.1) is 0 Å². The number of benzene rings is 1. The first-order valence-corrected chi connectivity index (χ1v) is 7.84. The summed E-state index contributed by atoms with van der Waals surface area (Å²) in [6.07, 6.45) is 0.860. The maximum absolute atomic E-state index is 12.3. The molecule has 0 unspecified atom stereocenters. The van der Waals surface area contributed by atoms with E-state index < -0.39 is 40.1 Å². The van der Waals surface area contributed by atoms with E-state index in [1.54, 1.807) is 13.0 Å². The first kappa shape index (κ1) is 19.9. The Kier molecular flexibility index (Phi) is 5.81. The van der Waals surface area contributed by atoms with Crippen LogP contribution in [-0.4, -0.2) is 28.4 Å². The number of aromatic nitrogens is 1. The highest BCUT2D eigenvalue weighted by Crippen LogP contribution is 2.30. The topological polar surface area (TPSA) is 147 Å². The molecule has 142 valence electrons. The molecule has 0 fully saturated rings. The van der Waals surface area contributed by atoms with Crippen LogP contribution in [0.4, 0.5) is 11.4 Å². The second-order valence-electron chi connectivity index (χ2n) is 5.52. The Morgan fingerprint density at radius 1 is 1.37 bits per heavy atom. The molecule has 0 spiro atoms. The van der Waals surface area contributed by atoms with Gasteiger partial charge in [0.05, 0.1) is 23.9 Å². The van der Waals surface area contributed by atoms with Crippen molar-refractivity contribution in [2.24, 2.45) is 5.73 Å². The van der Waals surface area contributed by atoms with Gasteiger partial charge in [-0.05, 0) is 18.6 Å². The predicted molar refractivity (Wildman–Crippen MR) is 97.2 cm³/mol. The fourth-order valence-corrected chi connectivity index (χ4v) is 2.44. The molecule has 0 aliphatic carbocycles. The van der Waals surface area contributed by atoms with E-state index in [1.807, 2.05) is 0 Å². The highest BCUT2D eigenvalue weighted by molar-refractivity contribution is 6.31. The molecule has 0 aliphatic rings. The largest absolute Gasteiger partial charge is 0.495 e. The summed E-state index contributed by atoms with van der Waals surface area (Å²) in [5.74, 6) is -1.51. The lowest BCUT2D eigenvalue weighted by Crippen LogP contribution is -2.33. The average Bonchev–Trinajstić information content (AvgIpc) is 2.59. The lowest BCUT2D eigenvalue weighted by atomic mass is 10.2. The van der Waals surface area contributed by atoms with Crippen LogP contribution in [0, 0.1) is 17.0 Å². The molecule has 2 aromatic rings. The zero-order chi connectivity index (χ0) is 20.3. The highest BCUT2D eigenvalue weighted by atomic mass is 35.5. The summed E-state index contributed by atoms with van der Waals surface area (Å²) >= 11 is 6.00. The first-order chi connectivity index (χ1) is 12.6. The number of halogens is 1. The smallest absolute Gasteiger partial charge is 0.286 e. The van der Waals surface area contributed by atoms with Gasteiger partial charge in [0.2, 0.25) is 5.91 Å².